The van der Waals surface area contributed by atoms with Crippen LogP contribution < -0.4 is 5.32 Å². The summed E-state index contributed by atoms with van der Waals surface area (Å²) >= 11 is 0. The molecule has 0 amide bonds. The number of carboxylic acid groups (broad SMARTS) is 1. The maximum absolute atomic E-state index is 11.7. The van der Waals surface area contributed by atoms with Crippen LogP contribution >= 0.6 is 0 Å². The second kappa shape index (κ2) is 9.44. The van der Waals surface area contributed by atoms with E-state index in [0.717, 1.165) is 30.5 Å². The SMILES string of the molecule is Cc1cc(C(=O)O)cc(C2CC(CN[C@H](C)c3cccc4ccccc34)Cc3ccccc32)c1. The van der Waals surface area contributed by atoms with Crippen LogP contribution in [0.25, 0.3) is 10.8 Å². The number of carbonyl (C=O) groups is 1. The first-order valence-corrected chi connectivity index (χ1v) is 12.1. The highest BCUT2D eigenvalue weighted by molar-refractivity contribution is 5.88. The molecule has 0 saturated heterocycles. The Morgan fingerprint density at radius 3 is 2.62 bits per heavy atom. The van der Waals surface area contributed by atoms with E-state index in [4.69, 9.17) is 0 Å². The number of hydrogen-bond acceptors (Lipinski definition) is 2. The lowest BCUT2D eigenvalue weighted by atomic mass is 9.73. The summed E-state index contributed by atoms with van der Waals surface area (Å²) in [5.41, 5.74) is 6.52. The van der Waals surface area contributed by atoms with E-state index in [-0.39, 0.29) is 12.0 Å². The third-order valence-electron chi connectivity index (χ3n) is 7.26. The van der Waals surface area contributed by atoms with Gasteiger partial charge < -0.3 is 10.4 Å². The van der Waals surface area contributed by atoms with Crippen molar-refractivity contribution in [2.24, 2.45) is 5.92 Å². The Morgan fingerprint density at radius 2 is 1.76 bits per heavy atom. The predicted octanol–water partition coefficient (Wildman–Crippen LogP) is 6.89. The molecule has 3 nitrogen and oxygen atoms in total. The van der Waals surface area contributed by atoms with Crippen LogP contribution in [-0.2, 0) is 6.42 Å². The van der Waals surface area contributed by atoms with Crippen LogP contribution in [0.2, 0.25) is 0 Å². The summed E-state index contributed by atoms with van der Waals surface area (Å²) in [5, 5.41) is 16.0. The Bertz CT molecular complexity index is 1340. The monoisotopic (exact) mass is 449 g/mol. The molecule has 0 aromatic heterocycles. The lowest BCUT2D eigenvalue weighted by molar-refractivity contribution is 0.0696. The topological polar surface area (TPSA) is 49.3 Å². The van der Waals surface area contributed by atoms with Gasteiger partial charge in [0.25, 0.3) is 0 Å². The van der Waals surface area contributed by atoms with E-state index in [9.17, 15) is 9.90 Å². The van der Waals surface area contributed by atoms with E-state index in [1.807, 2.05) is 13.0 Å². The van der Waals surface area contributed by atoms with Crippen LogP contribution in [-0.4, -0.2) is 17.6 Å². The minimum atomic E-state index is -0.865. The fraction of sp³-hybridized carbons (Fsp3) is 0.258. The first-order valence-electron chi connectivity index (χ1n) is 12.1. The van der Waals surface area contributed by atoms with Gasteiger partial charge in [0.1, 0.15) is 0 Å². The third kappa shape index (κ3) is 4.49. The fourth-order valence-electron chi connectivity index (χ4n) is 5.60. The van der Waals surface area contributed by atoms with Crippen LogP contribution in [0, 0.1) is 12.8 Å². The summed E-state index contributed by atoms with van der Waals surface area (Å²) in [7, 11) is 0. The van der Waals surface area contributed by atoms with Crippen molar-refractivity contribution in [3.05, 3.63) is 118 Å². The largest absolute Gasteiger partial charge is 0.478 e. The molecule has 0 fully saturated rings. The van der Waals surface area contributed by atoms with Crippen molar-refractivity contribution < 1.29 is 9.90 Å². The molecular weight excluding hydrogens is 418 g/mol. The Labute approximate surface area is 201 Å². The quantitative estimate of drug-likeness (QED) is 0.337. The highest BCUT2D eigenvalue weighted by Gasteiger charge is 2.29. The van der Waals surface area contributed by atoms with Crippen LogP contribution in [0.3, 0.4) is 0 Å². The summed E-state index contributed by atoms with van der Waals surface area (Å²) in [6.07, 6.45) is 2.05. The van der Waals surface area contributed by atoms with Crippen molar-refractivity contribution in [3.63, 3.8) is 0 Å². The number of aromatic carboxylic acids is 1. The Morgan fingerprint density at radius 1 is 1.00 bits per heavy atom. The maximum atomic E-state index is 11.7. The minimum absolute atomic E-state index is 0.211. The number of fused-ring (bicyclic) bond motifs is 2. The van der Waals surface area contributed by atoms with Crippen LogP contribution in [0.5, 0.6) is 0 Å². The average molecular weight is 450 g/mol. The lowest BCUT2D eigenvalue weighted by Crippen LogP contribution is -2.31. The molecule has 34 heavy (non-hydrogen) atoms. The van der Waals surface area contributed by atoms with Gasteiger partial charge in [0.2, 0.25) is 0 Å². The number of hydrogen-bond donors (Lipinski definition) is 2. The Balaban J connectivity index is 1.39. The number of benzene rings is 4. The maximum Gasteiger partial charge on any atom is 0.335 e. The van der Waals surface area contributed by atoms with Gasteiger partial charge in [-0.15, -0.1) is 0 Å². The highest BCUT2D eigenvalue weighted by Crippen LogP contribution is 2.40. The van der Waals surface area contributed by atoms with E-state index in [2.05, 4.69) is 85.0 Å². The predicted molar refractivity (Wildman–Crippen MR) is 139 cm³/mol. The van der Waals surface area contributed by atoms with Gasteiger partial charge in [-0.3, -0.25) is 0 Å². The zero-order valence-electron chi connectivity index (χ0n) is 19.8. The zero-order chi connectivity index (χ0) is 23.7. The Hall–Kier alpha value is -3.43. The molecule has 4 aromatic carbocycles. The van der Waals surface area contributed by atoms with E-state index in [1.54, 1.807) is 6.07 Å². The number of nitrogens with one attached hydrogen (secondary N) is 1. The summed E-state index contributed by atoms with van der Waals surface area (Å²) in [4.78, 5) is 11.7. The molecule has 3 heteroatoms. The summed E-state index contributed by atoms with van der Waals surface area (Å²) < 4.78 is 0. The van der Waals surface area contributed by atoms with Gasteiger partial charge in [0.15, 0.2) is 0 Å². The standard InChI is InChI=1S/C31H31NO2/c1-20-14-25(18-26(15-20)31(33)34)30-17-22(16-24-9-4-6-12-29(24)30)19-32-21(2)27-13-7-10-23-8-3-5-11-28(23)27/h3-15,18,21-22,30,32H,16-17,19H2,1-2H3,(H,33,34)/t21-,22?,30?/m1/s1. The van der Waals surface area contributed by atoms with Crippen molar-refractivity contribution in [2.75, 3.05) is 6.54 Å². The van der Waals surface area contributed by atoms with Crippen molar-refractivity contribution in [2.45, 2.75) is 38.6 Å². The number of rotatable bonds is 6. The van der Waals surface area contributed by atoms with Gasteiger partial charge in [-0.25, -0.2) is 4.79 Å². The van der Waals surface area contributed by atoms with E-state index in [0.29, 0.717) is 11.5 Å². The third-order valence-corrected chi connectivity index (χ3v) is 7.26. The Kier molecular flexibility index (Phi) is 6.21. The van der Waals surface area contributed by atoms with Gasteiger partial charge in [-0.05, 0) is 89.9 Å². The molecule has 5 rings (SSSR count). The first kappa shape index (κ1) is 22.4. The first-order chi connectivity index (χ1) is 16.5. The van der Waals surface area contributed by atoms with Gasteiger partial charge in [0.05, 0.1) is 5.56 Å². The van der Waals surface area contributed by atoms with E-state index in [1.165, 1.54) is 27.5 Å². The number of aryl methyl sites for hydroxylation is 1. The molecule has 172 valence electrons. The van der Waals surface area contributed by atoms with Gasteiger partial charge in [-0.2, -0.15) is 0 Å². The van der Waals surface area contributed by atoms with Crippen molar-refractivity contribution in [3.8, 4) is 0 Å². The van der Waals surface area contributed by atoms with E-state index < -0.39 is 5.97 Å². The van der Waals surface area contributed by atoms with Crippen LogP contribution in [0.4, 0.5) is 0 Å². The van der Waals surface area contributed by atoms with Crippen LogP contribution in [0.1, 0.15) is 63.5 Å². The summed E-state index contributed by atoms with van der Waals surface area (Å²) in [6, 6.07) is 29.8. The second-order valence-corrected chi connectivity index (χ2v) is 9.69. The van der Waals surface area contributed by atoms with Crippen LogP contribution in [0.15, 0.2) is 84.9 Å². The molecule has 0 radical (unpaired) electrons. The van der Waals surface area contributed by atoms with Gasteiger partial charge in [-0.1, -0.05) is 72.8 Å². The lowest BCUT2D eigenvalue weighted by Gasteiger charge is -2.33. The molecule has 2 N–H and O–H groups in total. The molecule has 3 atom stereocenters. The molecule has 0 saturated carbocycles. The fourth-order valence-corrected chi connectivity index (χ4v) is 5.60. The second-order valence-electron chi connectivity index (χ2n) is 9.69. The summed E-state index contributed by atoms with van der Waals surface area (Å²) in [6.45, 7) is 5.15. The number of carboxylic acids is 1. The molecule has 0 bridgehead atoms. The molecule has 0 spiro atoms. The molecule has 0 aliphatic heterocycles. The molecule has 0 heterocycles. The molecule has 2 unspecified atom stereocenters. The van der Waals surface area contributed by atoms with Gasteiger partial charge >= 0.3 is 5.97 Å². The normalized spacial score (nSPS) is 18.4. The molecule has 4 aromatic rings. The molecule has 1 aliphatic rings. The zero-order valence-corrected chi connectivity index (χ0v) is 19.8. The van der Waals surface area contributed by atoms with Gasteiger partial charge in [0, 0.05) is 12.0 Å². The smallest absolute Gasteiger partial charge is 0.335 e. The van der Waals surface area contributed by atoms with Crippen molar-refractivity contribution in [1.29, 1.82) is 0 Å². The van der Waals surface area contributed by atoms with Crippen molar-refractivity contribution in [1.82, 2.24) is 5.32 Å². The molecular formula is C31H31NO2. The van der Waals surface area contributed by atoms with E-state index >= 15 is 0 Å². The summed E-state index contributed by atoms with van der Waals surface area (Å²) in [5.74, 6) is -0.176. The van der Waals surface area contributed by atoms with Crippen molar-refractivity contribution >= 4 is 16.7 Å². The molecule has 1 aliphatic carbocycles. The highest BCUT2D eigenvalue weighted by atomic mass is 16.4. The minimum Gasteiger partial charge on any atom is -0.478 e. The average Bonchev–Trinajstić information content (AvgIpc) is 2.86.